The Kier molecular flexibility index (Phi) is 3.21. The van der Waals surface area contributed by atoms with Gasteiger partial charge < -0.3 is 15.0 Å². The van der Waals surface area contributed by atoms with E-state index in [-0.39, 0.29) is 0 Å². The fourth-order valence-corrected chi connectivity index (χ4v) is 2.44. The SMILES string of the molecule is COc1nc2ccccc2nc1N1CCN[C@@H](C)C1. The summed E-state index contributed by atoms with van der Waals surface area (Å²) in [5, 5.41) is 3.43. The topological polar surface area (TPSA) is 50.3 Å². The lowest BCUT2D eigenvalue weighted by Crippen LogP contribution is -2.49. The first kappa shape index (κ1) is 12.2. The lowest BCUT2D eigenvalue weighted by molar-refractivity contribution is 0.393. The molecule has 0 aliphatic carbocycles. The van der Waals surface area contributed by atoms with Gasteiger partial charge in [0.15, 0.2) is 5.82 Å². The third kappa shape index (κ3) is 2.33. The van der Waals surface area contributed by atoms with Crippen molar-refractivity contribution in [2.45, 2.75) is 13.0 Å². The molecule has 2 aromatic rings. The standard InChI is InChI=1S/C14H18N4O/c1-10-9-18(8-7-15-10)13-14(19-2)17-12-6-4-3-5-11(12)16-13/h3-6,10,15H,7-9H2,1-2H3/t10-/m0/s1. The number of benzene rings is 1. The number of methoxy groups -OCH3 is 1. The molecular weight excluding hydrogens is 240 g/mol. The minimum absolute atomic E-state index is 0.451. The Bertz CT molecular complexity index is 587. The van der Waals surface area contributed by atoms with E-state index >= 15 is 0 Å². The smallest absolute Gasteiger partial charge is 0.257 e. The number of fused-ring (bicyclic) bond motifs is 1. The van der Waals surface area contributed by atoms with Crippen LogP contribution in [0.1, 0.15) is 6.92 Å². The first-order chi connectivity index (χ1) is 9.28. The second kappa shape index (κ2) is 5.01. The van der Waals surface area contributed by atoms with Gasteiger partial charge in [-0.2, -0.15) is 0 Å². The fourth-order valence-electron chi connectivity index (χ4n) is 2.44. The molecule has 100 valence electrons. The number of nitrogens with zero attached hydrogens (tertiary/aromatic N) is 3. The van der Waals surface area contributed by atoms with Crippen LogP contribution in [-0.2, 0) is 0 Å². The molecule has 1 atom stereocenters. The lowest BCUT2D eigenvalue weighted by atomic mass is 10.2. The number of piperazine rings is 1. The van der Waals surface area contributed by atoms with E-state index in [1.54, 1.807) is 7.11 Å². The Balaban J connectivity index is 2.05. The molecule has 5 heteroatoms. The molecule has 1 fully saturated rings. The molecule has 1 N–H and O–H groups in total. The molecular formula is C14H18N4O. The molecule has 1 aromatic heterocycles. The van der Waals surface area contributed by atoms with Crippen molar-refractivity contribution < 1.29 is 4.74 Å². The van der Waals surface area contributed by atoms with Crippen LogP contribution >= 0.6 is 0 Å². The van der Waals surface area contributed by atoms with Gasteiger partial charge in [0.2, 0.25) is 0 Å². The molecule has 1 aliphatic rings. The van der Waals surface area contributed by atoms with E-state index in [4.69, 9.17) is 9.72 Å². The molecule has 0 amide bonds. The molecule has 1 saturated heterocycles. The fraction of sp³-hybridized carbons (Fsp3) is 0.429. The van der Waals surface area contributed by atoms with E-state index in [0.717, 1.165) is 36.5 Å². The van der Waals surface area contributed by atoms with Crippen LogP contribution in [-0.4, -0.2) is 42.8 Å². The Hall–Kier alpha value is -1.88. The van der Waals surface area contributed by atoms with E-state index in [0.29, 0.717) is 11.9 Å². The van der Waals surface area contributed by atoms with Gasteiger partial charge in [-0.1, -0.05) is 12.1 Å². The Morgan fingerprint density at radius 1 is 1.26 bits per heavy atom. The third-order valence-corrected chi connectivity index (χ3v) is 3.38. The lowest BCUT2D eigenvalue weighted by Gasteiger charge is -2.33. The highest BCUT2D eigenvalue weighted by atomic mass is 16.5. The highest BCUT2D eigenvalue weighted by Gasteiger charge is 2.21. The van der Waals surface area contributed by atoms with Gasteiger partial charge >= 0.3 is 0 Å². The van der Waals surface area contributed by atoms with Crippen molar-refractivity contribution in [3.8, 4) is 5.88 Å². The largest absolute Gasteiger partial charge is 0.478 e. The number of rotatable bonds is 2. The first-order valence-corrected chi connectivity index (χ1v) is 6.57. The van der Waals surface area contributed by atoms with Gasteiger partial charge in [0, 0.05) is 25.7 Å². The summed E-state index contributed by atoms with van der Waals surface area (Å²) in [6.45, 7) is 4.98. The summed E-state index contributed by atoms with van der Waals surface area (Å²) < 4.78 is 5.41. The number of aromatic nitrogens is 2. The predicted molar refractivity (Wildman–Crippen MR) is 75.8 cm³/mol. The summed E-state index contributed by atoms with van der Waals surface area (Å²) in [6, 6.07) is 8.33. The van der Waals surface area contributed by atoms with Crippen LogP contribution in [0, 0.1) is 0 Å². The summed E-state index contributed by atoms with van der Waals surface area (Å²) in [5.41, 5.74) is 1.77. The zero-order valence-electron chi connectivity index (χ0n) is 11.3. The summed E-state index contributed by atoms with van der Waals surface area (Å²) in [7, 11) is 1.65. The maximum atomic E-state index is 5.41. The van der Waals surface area contributed by atoms with Gasteiger partial charge in [-0.25, -0.2) is 9.97 Å². The molecule has 0 saturated carbocycles. The number of hydrogen-bond donors (Lipinski definition) is 1. The number of hydrogen-bond acceptors (Lipinski definition) is 5. The van der Waals surface area contributed by atoms with Crippen LogP contribution in [0.4, 0.5) is 5.82 Å². The van der Waals surface area contributed by atoms with Crippen molar-refractivity contribution in [1.82, 2.24) is 15.3 Å². The molecule has 19 heavy (non-hydrogen) atoms. The molecule has 1 aliphatic heterocycles. The Morgan fingerprint density at radius 2 is 2.00 bits per heavy atom. The van der Waals surface area contributed by atoms with Crippen molar-refractivity contribution in [2.24, 2.45) is 0 Å². The van der Waals surface area contributed by atoms with Gasteiger partial charge in [0.1, 0.15) is 0 Å². The quantitative estimate of drug-likeness (QED) is 0.883. The summed E-state index contributed by atoms with van der Waals surface area (Å²) >= 11 is 0. The summed E-state index contributed by atoms with van der Waals surface area (Å²) in [5.74, 6) is 1.45. The van der Waals surface area contributed by atoms with Gasteiger partial charge in [-0.3, -0.25) is 0 Å². The minimum atomic E-state index is 0.451. The van der Waals surface area contributed by atoms with Crippen LogP contribution in [0.3, 0.4) is 0 Å². The number of para-hydroxylation sites is 2. The molecule has 5 nitrogen and oxygen atoms in total. The molecule has 2 heterocycles. The molecule has 0 radical (unpaired) electrons. The van der Waals surface area contributed by atoms with Gasteiger partial charge in [-0.15, -0.1) is 0 Å². The normalized spacial score (nSPS) is 19.7. The average molecular weight is 258 g/mol. The van der Waals surface area contributed by atoms with Crippen LogP contribution < -0.4 is 15.0 Å². The van der Waals surface area contributed by atoms with Crippen molar-refractivity contribution in [3.63, 3.8) is 0 Å². The zero-order chi connectivity index (χ0) is 13.2. The van der Waals surface area contributed by atoms with Crippen LogP contribution in [0.5, 0.6) is 5.88 Å². The maximum absolute atomic E-state index is 5.41. The number of anilines is 1. The monoisotopic (exact) mass is 258 g/mol. The van der Waals surface area contributed by atoms with E-state index in [1.165, 1.54) is 0 Å². The summed E-state index contributed by atoms with van der Waals surface area (Å²) in [6.07, 6.45) is 0. The first-order valence-electron chi connectivity index (χ1n) is 6.57. The van der Waals surface area contributed by atoms with Crippen LogP contribution in [0.15, 0.2) is 24.3 Å². The third-order valence-electron chi connectivity index (χ3n) is 3.38. The molecule has 0 spiro atoms. The molecule has 3 rings (SSSR count). The van der Waals surface area contributed by atoms with Gasteiger partial charge in [-0.05, 0) is 19.1 Å². The van der Waals surface area contributed by atoms with Crippen LogP contribution in [0.25, 0.3) is 11.0 Å². The van der Waals surface area contributed by atoms with E-state index in [2.05, 4.69) is 22.1 Å². The van der Waals surface area contributed by atoms with Gasteiger partial charge in [0.25, 0.3) is 5.88 Å². The Morgan fingerprint density at radius 3 is 2.68 bits per heavy atom. The van der Waals surface area contributed by atoms with Crippen molar-refractivity contribution in [3.05, 3.63) is 24.3 Å². The summed E-state index contributed by atoms with van der Waals surface area (Å²) in [4.78, 5) is 11.5. The molecule has 0 unspecified atom stereocenters. The van der Waals surface area contributed by atoms with E-state index < -0.39 is 0 Å². The number of ether oxygens (including phenoxy) is 1. The van der Waals surface area contributed by atoms with E-state index in [9.17, 15) is 0 Å². The van der Waals surface area contributed by atoms with Gasteiger partial charge in [0.05, 0.1) is 18.1 Å². The molecule has 0 bridgehead atoms. The number of nitrogens with one attached hydrogen (secondary N) is 1. The highest BCUT2D eigenvalue weighted by Crippen LogP contribution is 2.27. The molecule has 1 aromatic carbocycles. The highest BCUT2D eigenvalue weighted by molar-refractivity contribution is 5.77. The average Bonchev–Trinajstić information content (AvgIpc) is 2.46. The minimum Gasteiger partial charge on any atom is -0.478 e. The predicted octanol–water partition coefficient (Wildman–Crippen LogP) is 1.44. The second-order valence-electron chi connectivity index (χ2n) is 4.85. The zero-order valence-corrected chi connectivity index (χ0v) is 11.3. The second-order valence-corrected chi connectivity index (χ2v) is 4.85. The maximum Gasteiger partial charge on any atom is 0.257 e. The van der Waals surface area contributed by atoms with Crippen LogP contribution in [0.2, 0.25) is 0 Å². The Labute approximate surface area is 112 Å². The van der Waals surface area contributed by atoms with E-state index in [1.807, 2.05) is 24.3 Å². The van der Waals surface area contributed by atoms with Crippen molar-refractivity contribution in [2.75, 3.05) is 31.6 Å². The van der Waals surface area contributed by atoms with Crippen molar-refractivity contribution >= 4 is 16.9 Å². The van der Waals surface area contributed by atoms with Crippen molar-refractivity contribution in [1.29, 1.82) is 0 Å².